The van der Waals surface area contributed by atoms with Gasteiger partial charge in [0, 0.05) is 19.5 Å². The minimum atomic E-state index is -4.64. The minimum absolute atomic E-state index is 0.0855. The molecule has 2 N–H and O–H groups in total. The molecule has 32 heavy (non-hydrogen) atoms. The summed E-state index contributed by atoms with van der Waals surface area (Å²) in [5.74, 6) is 1.38. The van der Waals surface area contributed by atoms with Gasteiger partial charge in [-0.3, -0.25) is 0 Å². The van der Waals surface area contributed by atoms with Gasteiger partial charge in [0.15, 0.2) is 6.10 Å². The highest BCUT2D eigenvalue weighted by Gasteiger charge is 2.38. The van der Waals surface area contributed by atoms with Crippen LogP contribution in [0.5, 0.6) is 11.5 Å². The summed E-state index contributed by atoms with van der Waals surface area (Å²) < 4.78 is 50.0. The van der Waals surface area contributed by atoms with Gasteiger partial charge in [0.2, 0.25) is 0 Å². The number of rotatable bonds is 9. The van der Waals surface area contributed by atoms with Crippen LogP contribution in [0.15, 0.2) is 78.4 Å². The number of allylic oxidation sites excluding steroid dienone is 2. The molecule has 0 bridgehead atoms. The van der Waals surface area contributed by atoms with Crippen LogP contribution < -0.4 is 10.1 Å². The molecule has 2 aromatic carbocycles. The van der Waals surface area contributed by atoms with Crippen LogP contribution in [0, 0.1) is 0 Å². The Kier molecular flexibility index (Phi) is 7.77. The lowest BCUT2D eigenvalue weighted by Gasteiger charge is -2.36. The quantitative estimate of drug-likeness (QED) is 0.533. The summed E-state index contributed by atoms with van der Waals surface area (Å²) >= 11 is 0. The summed E-state index contributed by atoms with van der Waals surface area (Å²) in [4.78, 5) is 0. The van der Waals surface area contributed by atoms with Crippen LogP contribution in [0.4, 0.5) is 13.2 Å². The smallest absolute Gasteiger partial charge is 0.415 e. The van der Waals surface area contributed by atoms with E-state index in [-0.39, 0.29) is 12.6 Å². The van der Waals surface area contributed by atoms with E-state index in [1.165, 1.54) is 0 Å². The summed E-state index contributed by atoms with van der Waals surface area (Å²) in [6, 6.07) is 17.1. The van der Waals surface area contributed by atoms with E-state index in [1.54, 1.807) is 0 Å². The molecular formula is C25H28F3NO3. The Labute approximate surface area is 186 Å². The van der Waals surface area contributed by atoms with Crippen molar-refractivity contribution in [1.82, 2.24) is 5.32 Å². The van der Waals surface area contributed by atoms with Gasteiger partial charge >= 0.3 is 6.18 Å². The Morgan fingerprint density at radius 3 is 2.47 bits per heavy atom. The second kappa shape index (κ2) is 10.3. The number of hydrogen-bond acceptors (Lipinski definition) is 4. The van der Waals surface area contributed by atoms with E-state index in [2.05, 4.69) is 5.32 Å². The molecule has 0 aliphatic heterocycles. The first kappa shape index (κ1) is 24.0. The summed E-state index contributed by atoms with van der Waals surface area (Å²) in [5.41, 5.74) is 0.979. The molecule has 0 fully saturated rings. The highest BCUT2D eigenvalue weighted by molar-refractivity contribution is 5.41. The van der Waals surface area contributed by atoms with Gasteiger partial charge in [0.05, 0.1) is 6.10 Å². The Bertz CT molecular complexity index is 941. The molecule has 1 aliphatic carbocycles. The molecular weight excluding hydrogens is 419 g/mol. The van der Waals surface area contributed by atoms with Crippen LogP contribution in [-0.4, -0.2) is 36.6 Å². The average molecular weight is 447 g/mol. The lowest BCUT2D eigenvalue weighted by Crippen LogP contribution is -2.40. The van der Waals surface area contributed by atoms with Gasteiger partial charge in [-0.15, -0.1) is 0 Å². The van der Waals surface area contributed by atoms with Gasteiger partial charge in [-0.05, 0) is 49.8 Å². The third-order valence-electron chi connectivity index (χ3n) is 5.00. The van der Waals surface area contributed by atoms with Crippen molar-refractivity contribution in [2.24, 2.45) is 0 Å². The molecule has 0 saturated carbocycles. The zero-order valence-electron chi connectivity index (χ0n) is 18.1. The first-order valence-corrected chi connectivity index (χ1v) is 10.5. The Balaban J connectivity index is 1.76. The minimum Gasteiger partial charge on any atom is -0.457 e. The zero-order valence-corrected chi connectivity index (χ0v) is 18.1. The maximum Gasteiger partial charge on any atom is 0.415 e. The summed E-state index contributed by atoms with van der Waals surface area (Å²) in [6.07, 6.45) is -0.984. The topological polar surface area (TPSA) is 50.7 Å². The zero-order chi connectivity index (χ0) is 23.2. The van der Waals surface area contributed by atoms with Gasteiger partial charge in [0.25, 0.3) is 0 Å². The first-order valence-electron chi connectivity index (χ1n) is 10.5. The van der Waals surface area contributed by atoms with Crippen LogP contribution in [0.25, 0.3) is 0 Å². The molecule has 2 unspecified atom stereocenters. The van der Waals surface area contributed by atoms with E-state index in [0.717, 1.165) is 16.9 Å². The Morgan fingerprint density at radius 1 is 1.06 bits per heavy atom. The van der Waals surface area contributed by atoms with Gasteiger partial charge in [-0.2, -0.15) is 13.2 Å². The molecule has 0 amide bonds. The molecule has 2 atom stereocenters. The number of ether oxygens (including phenoxy) is 2. The van der Waals surface area contributed by atoms with Crippen molar-refractivity contribution in [3.8, 4) is 11.5 Å². The largest absolute Gasteiger partial charge is 0.457 e. The van der Waals surface area contributed by atoms with E-state index in [4.69, 9.17) is 9.47 Å². The van der Waals surface area contributed by atoms with E-state index in [1.807, 2.05) is 86.7 Å². The number of aliphatic hydroxyl groups excluding tert-OH is 1. The van der Waals surface area contributed by atoms with Crippen LogP contribution >= 0.6 is 0 Å². The number of para-hydroxylation sites is 1. The standard InChI is InChI=1S/C25H28F3NO3/c1-18(2)32-24(13-7-8-19(15-24)16-29-17-23(30)25(26,27)28)20-9-6-12-22(14-20)31-21-10-4-3-5-11-21/h3-14,18,23,29-30H,15-17H2,1-2H3. The fraction of sp³-hybridized carbons (Fsp3) is 0.360. The monoisotopic (exact) mass is 447 g/mol. The maximum atomic E-state index is 12.5. The SMILES string of the molecule is CC(C)OC1(c2cccc(Oc3ccccc3)c2)C=CC=C(CNCC(O)C(F)(F)F)C1. The Hall–Kier alpha value is -2.61. The van der Waals surface area contributed by atoms with Crippen LogP contribution in [0.2, 0.25) is 0 Å². The van der Waals surface area contributed by atoms with Gasteiger partial charge in [-0.1, -0.05) is 48.1 Å². The molecule has 7 heteroatoms. The molecule has 172 valence electrons. The Morgan fingerprint density at radius 2 is 1.78 bits per heavy atom. The second-order valence-corrected chi connectivity index (χ2v) is 8.05. The number of benzene rings is 2. The maximum absolute atomic E-state index is 12.5. The summed E-state index contributed by atoms with van der Waals surface area (Å²) in [7, 11) is 0. The lowest BCUT2D eigenvalue weighted by atomic mass is 9.83. The van der Waals surface area contributed by atoms with Gasteiger partial charge < -0.3 is 19.9 Å². The van der Waals surface area contributed by atoms with Crippen molar-refractivity contribution in [1.29, 1.82) is 0 Å². The average Bonchev–Trinajstić information content (AvgIpc) is 2.74. The van der Waals surface area contributed by atoms with Gasteiger partial charge in [0.1, 0.15) is 17.1 Å². The molecule has 0 heterocycles. The van der Waals surface area contributed by atoms with E-state index < -0.39 is 24.4 Å². The molecule has 1 aliphatic rings. The number of aliphatic hydroxyl groups is 1. The predicted octanol–water partition coefficient (Wildman–Crippen LogP) is 5.50. The molecule has 4 nitrogen and oxygen atoms in total. The molecule has 3 rings (SSSR count). The summed E-state index contributed by atoms with van der Waals surface area (Å²) in [5, 5.41) is 11.9. The van der Waals surface area contributed by atoms with Gasteiger partial charge in [-0.25, -0.2) is 0 Å². The highest BCUT2D eigenvalue weighted by Crippen LogP contribution is 2.39. The number of halogens is 3. The van der Waals surface area contributed by atoms with Crippen LogP contribution in [0.3, 0.4) is 0 Å². The molecule has 0 aromatic heterocycles. The van der Waals surface area contributed by atoms with Crippen LogP contribution in [-0.2, 0) is 10.3 Å². The molecule has 0 radical (unpaired) electrons. The fourth-order valence-corrected chi connectivity index (χ4v) is 3.62. The molecule has 2 aromatic rings. The van der Waals surface area contributed by atoms with E-state index in [9.17, 15) is 18.3 Å². The normalized spacial score (nSPS) is 19.7. The first-order chi connectivity index (χ1) is 15.2. The second-order valence-electron chi connectivity index (χ2n) is 8.05. The van der Waals surface area contributed by atoms with E-state index in [0.29, 0.717) is 12.2 Å². The number of hydrogen-bond donors (Lipinski definition) is 2. The third-order valence-corrected chi connectivity index (χ3v) is 5.00. The predicted molar refractivity (Wildman–Crippen MR) is 118 cm³/mol. The molecule has 0 saturated heterocycles. The fourth-order valence-electron chi connectivity index (χ4n) is 3.62. The van der Waals surface area contributed by atoms with Crippen molar-refractivity contribution in [2.45, 2.75) is 44.3 Å². The van der Waals surface area contributed by atoms with E-state index >= 15 is 0 Å². The lowest BCUT2D eigenvalue weighted by molar-refractivity contribution is -0.201. The van der Waals surface area contributed by atoms with Crippen molar-refractivity contribution in [3.05, 3.63) is 84.0 Å². The van der Waals surface area contributed by atoms with Crippen molar-refractivity contribution < 1.29 is 27.8 Å². The highest BCUT2D eigenvalue weighted by atomic mass is 19.4. The number of alkyl halides is 3. The third kappa shape index (κ3) is 6.45. The summed E-state index contributed by atoms with van der Waals surface area (Å²) in [6.45, 7) is 3.52. The van der Waals surface area contributed by atoms with Crippen LogP contribution in [0.1, 0.15) is 25.8 Å². The van der Waals surface area contributed by atoms with Crippen molar-refractivity contribution >= 4 is 0 Å². The molecule has 0 spiro atoms. The van der Waals surface area contributed by atoms with Crippen molar-refractivity contribution in [2.75, 3.05) is 13.1 Å². The number of nitrogens with one attached hydrogen (secondary N) is 1. The van der Waals surface area contributed by atoms with Crippen molar-refractivity contribution in [3.63, 3.8) is 0 Å².